The highest BCUT2D eigenvalue weighted by molar-refractivity contribution is 5.40. The summed E-state index contributed by atoms with van der Waals surface area (Å²) >= 11 is 0. The molecule has 4 rings (SSSR count). The van der Waals surface area contributed by atoms with E-state index in [-0.39, 0.29) is 0 Å². The van der Waals surface area contributed by atoms with E-state index < -0.39 is 0 Å². The molecule has 0 radical (unpaired) electrons. The monoisotopic (exact) mass is 285 g/mol. The minimum Gasteiger partial charge on any atom is -0.375 e. The van der Waals surface area contributed by atoms with Gasteiger partial charge in [0.1, 0.15) is 0 Å². The molecule has 2 nitrogen and oxygen atoms in total. The largest absolute Gasteiger partial charge is 0.375 e. The van der Waals surface area contributed by atoms with Gasteiger partial charge < -0.3 is 10.1 Å². The number of ether oxygens (including phenoxy) is 1. The fourth-order valence-electron chi connectivity index (χ4n) is 4.72. The van der Waals surface area contributed by atoms with Gasteiger partial charge in [0, 0.05) is 12.0 Å². The second-order valence-electron chi connectivity index (χ2n) is 7.17. The lowest BCUT2D eigenvalue weighted by molar-refractivity contribution is 0.0840. The molecule has 2 heterocycles. The molecule has 0 spiro atoms. The van der Waals surface area contributed by atoms with E-state index in [1.807, 2.05) is 0 Å². The van der Waals surface area contributed by atoms with Crippen LogP contribution in [-0.4, -0.2) is 24.8 Å². The first-order valence-electron chi connectivity index (χ1n) is 8.81. The molecular formula is C19H27NO. The Hall–Kier alpha value is -0.860. The van der Waals surface area contributed by atoms with Gasteiger partial charge in [-0.1, -0.05) is 31.2 Å². The minimum atomic E-state index is 0.541. The van der Waals surface area contributed by atoms with Crippen LogP contribution in [0.25, 0.3) is 0 Å². The summed E-state index contributed by atoms with van der Waals surface area (Å²) in [4.78, 5) is 0. The third kappa shape index (κ3) is 2.53. The number of rotatable bonds is 6. The van der Waals surface area contributed by atoms with E-state index in [2.05, 4.69) is 36.5 Å². The molecule has 1 aromatic carbocycles. The third-order valence-corrected chi connectivity index (χ3v) is 5.83. The molecule has 2 saturated heterocycles. The molecule has 2 heteroatoms. The van der Waals surface area contributed by atoms with E-state index in [0.717, 1.165) is 18.4 Å². The Morgan fingerprint density at radius 1 is 1.29 bits per heavy atom. The summed E-state index contributed by atoms with van der Waals surface area (Å²) < 4.78 is 6.11. The fourth-order valence-corrected chi connectivity index (χ4v) is 4.72. The van der Waals surface area contributed by atoms with E-state index >= 15 is 0 Å². The van der Waals surface area contributed by atoms with E-state index in [4.69, 9.17) is 4.74 Å². The zero-order valence-corrected chi connectivity index (χ0v) is 13.1. The molecule has 114 valence electrons. The highest BCUT2D eigenvalue weighted by Gasteiger charge is 2.45. The van der Waals surface area contributed by atoms with Crippen LogP contribution in [-0.2, 0) is 11.2 Å². The molecule has 2 bridgehead atoms. The maximum absolute atomic E-state index is 6.11. The van der Waals surface area contributed by atoms with Crippen LogP contribution in [0.3, 0.4) is 0 Å². The normalized spacial score (nSPS) is 34.5. The quantitative estimate of drug-likeness (QED) is 0.861. The minimum absolute atomic E-state index is 0.541. The Balaban J connectivity index is 1.44. The van der Waals surface area contributed by atoms with Crippen molar-refractivity contribution < 1.29 is 4.74 Å². The van der Waals surface area contributed by atoms with Crippen LogP contribution in [0.2, 0.25) is 0 Å². The lowest BCUT2D eigenvalue weighted by atomic mass is 9.71. The van der Waals surface area contributed by atoms with Crippen molar-refractivity contribution in [3.05, 3.63) is 35.4 Å². The van der Waals surface area contributed by atoms with Crippen LogP contribution in [0.5, 0.6) is 0 Å². The zero-order valence-electron chi connectivity index (χ0n) is 13.1. The first-order chi connectivity index (χ1) is 10.3. The summed E-state index contributed by atoms with van der Waals surface area (Å²) in [6.07, 6.45) is 8.80. The third-order valence-electron chi connectivity index (χ3n) is 5.83. The molecule has 5 unspecified atom stereocenters. The Morgan fingerprint density at radius 3 is 2.90 bits per heavy atom. The second kappa shape index (κ2) is 5.73. The maximum atomic E-state index is 6.11. The van der Waals surface area contributed by atoms with E-state index in [1.165, 1.54) is 38.5 Å². The van der Waals surface area contributed by atoms with Crippen molar-refractivity contribution in [3.8, 4) is 0 Å². The summed E-state index contributed by atoms with van der Waals surface area (Å²) in [6, 6.07) is 9.64. The predicted molar refractivity (Wildman–Crippen MR) is 85.6 cm³/mol. The van der Waals surface area contributed by atoms with Crippen LogP contribution in [0, 0.1) is 5.92 Å². The lowest BCUT2D eigenvalue weighted by Gasteiger charge is -2.37. The Labute approximate surface area is 128 Å². The van der Waals surface area contributed by atoms with Gasteiger partial charge in [0.25, 0.3) is 0 Å². The lowest BCUT2D eigenvalue weighted by Crippen LogP contribution is -2.43. The molecule has 2 aliphatic heterocycles. The summed E-state index contributed by atoms with van der Waals surface area (Å²) in [5, 5.41) is 3.85. The Bertz CT molecular complexity index is 500. The van der Waals surface area contributed by atoms with E-state index in [1.54, 1.807) is 11.1 Å². The van der Waals surface area contributed by atoms with E-state index in [9.17, 15) is 0 Å². The van der Waals surface area contributed by atoms with Crippen molar-refractivity contribution in [1.82, 2.24) is 5.32 Å². The van der Waals surface area contributed by atoms with Gasteiger partial charge in [-0.3, -0.25) is 0 Å². The molecule has 5 atom stereocenters. The summed E-state index contributed by atoms with van der Waals surface area (Å²) in [5.74, 6) is 1.53. The van der Waals surface area contributed by atoms with Gasteiger partial charge in [0.2, 0.25) is 0 Å². The van der Waals surface area contributed by atoms with Gasteiger partial charge in [-0.15, -0.1) is 0 Å². The summed E-state index contributed by atoms with van der Waals surface area (Å²) in [6.45, 7) is 3.41. The predicted octanol–water partition coefficient (Wildman–Crippen LogP) is 3.65. The zero-order chi connectivity index (χ0) is 14.2. The SMILES string of the molecule is CCCNC(CC1Cc2ccccc21)C1CC2CCC1O2. The smallest absolute Gasteiger partial charge is 0.0623 e. The number of hydrogen-bond donors (Lipinski definition) is 1. The van der Waals surface area contributed by atoms with Crippen LogP contribution in [0.15, 0.2) is 24.3 Å². The van der Waals surface area contributed by atoms with Crippen LogP contribution in [0.4, 0.5) is 0 Å². The number of fused-ring (bicyclic) bond motifs is 3. The van der Waals surface area contributed by atoms with Gasteiger partial charge in [0.15, 0.2) is 0 Å². The number of hydrogen-bond acceptors (Lipinski definition) is 2. The first-order valence-corrected chi connectivity index (χ1v) is 8.81. The second-order valence-corrected chi connectivity index (χ2v) is 7.17. The standard InChI is InChI=1S/C19H27NO/c1-2-9-20-18(17-12-15-7-8-19(17)21-15)11-14-10-13-5-3-4-6-16(13)14/h3-6,14-15,17-20H,2,7-12H2,1H3. The van der Waals surface area contributed by atoms with Crippen LogP contribution in [0.1, 0.15) is 56.1 Å². The Morgan fingerprint density at radius 2 is 2.19 bits per heavy atom. The number of nitrogens with one attached hydrogen (secondary N) is 1. The molecule has 0 aromatic heterocycles. The molecule has 1 aliphatic carbocycles. The van der Waals surface area contributed by atoms with Gasteiger partial charge >= 0.3 is 0 Å². The molecule has 1 N–H and O–H groups in total. The van der Waals surface area contributed by atoms with Crippen LogP contribution < -0.4 is 5.32 Å². The van der Waals surface area contributed by atoms with Gasteiger partial charge in [0.05, 0.1) is 12.2 Å². The first kappa shape index (κ1) is 13.8. The average Bonchev–Trinajstić information content (AvgIpc) is 3.10. The highest BCUT2D eigenvalue weighted by atomic mass is 16.5. The van der Waals surface area contributed by atoms with Crippen molar-refractivity contribution in [3.63, 3.8) is 0 Å². The molecule has 3 aliphatic rings. The van der Waals surface area contributed by atoms with Gasteiger partial charge in [-0.2, -0.15) is 0 Å². The summed E-state index contributed by atoms with van der Waals surface area (Å²) in [7, 11) is 0. The number of benzene rings is 1. The van der Waals surface area contributed by atoms with Crippen molar-refractivity contribution >= 4 is 0 Å². The molecule has 0 amide bonds. The van der Waals surface area contributed by atoms with Crippen molar-refractivity contribution in [2.24, 2.45) is 5.92 Å². The van der Waals surface area contributed by atoms with Crippen LogP contribution >= 0.6 is 0 Å². The maximum Gasteiger partial charge on any atom is 0.0623 e. The summed E-state index contributed by atoms with van der Waals surface area (Å²) in [5.41, 5.74) is 3.17. The van der Waals surface area contributed by atoms with Gasteiger partial charge in [-0.25, -0.2) is 0 Å². The molecular weight excluding hydrogens is 258 g/mol. The highest BCUT2D eigenvalue weighted by Crippen LogP contribution is 2.44. The van der Waals surface area contributed by atoms with Crippen molar-refractivity contribution in [2.75, 3.05) is 6.54 Å². The van der Waals surface area contributed by atoms with Crippen molar-refractivity contribution in [1.29, 1.82) is 0 Å². The topological polar surface area (TPSA) is 21.3 Å². The van der Waals surface area contributed by atoms with E-state index in [0.29, 0.717) is 18.2 Å². The molecule has 0 saturated carbocycles. The Kier molecular flexibility index (Phi) is 3.76. The fraction of sp³-hybridized carbons (Fsp3) is 0.684. The molecule has 1 aromatic rings. The molecule has 21 heavy (non-hydrogen) atoms. The van der Waals surface area contributed by atoms with Gasteiger partial charge in [-0.05, 0) is 62.1 Å². The average molecular weight is 285 g/mol. The molecule has 2 fully saturated rings. The van der Waals surface area contributed by atoms with Crippen molar-refractivity contribution in [2.45, 2.75) is 69.6 Å².